The predicted molar refractivity (Wildman–Crippen MR) is 78.7 cm³/mol. The summed E-state index contributed by atoms with van der Waals surface area (Å²) >= 11 is 12.1. The number of hydrogen-bond acceptors (Lipinski definition) is 3. The highest BCUT2D eigenvalue weighted by Gasteiger charge is 2.26. The minimum atomic E-state index is -0.941. The number of rotatable bonds is 4. The summed E-state index contributed by atoms with van der Waals surface area (Å²) in [6.45, 7) is 1.05. The van der Waals surface area contributed by atoms with E-state index < -0.39 is 12.1 Å². The number of benzene rings is 1. The van der Waals surface area contributed by atoms with Crippen LogP contribution in [0.15, 0.2) is 18.2 Å². The standard InChI is InChI=1S/C14H15Cl2NO4/c15-11-2-1-3-12(16)10(11)7-13(18)17-4-5-21-9(8-17)6-14(19)20/h1-3,9H,4-8H2,(H,19,20). The number of carbonyl (C=O) groups excluding carboxylic acids is 1. The zero-order valence-electron chi connectivity index (χ0n) is 11.2. The Morgan fingerprint density at radius 2 is 2.00 bits per heavy atom. The highest BCUT2D eigenvalue weighted by molar-refractivity contribution is 6.36. The second kappa shape index (κ2) is 7.11. The van der Waals surface area contributed by atoms with Gasteiger partial charge in [0.05, 0.1) is 25.6 Å². The number of morpholine rings is 1. The van der Waals surface area contributed by atoms with Gasteiger partial charge in [0.25, 0.3) is 0 Å². The largest absolute Gasteiger partial charge is 0.481 e. The number of nitrogens with zero attached hydrogens (tertiary/aromatic N) is 1. The van der Waals surface area contributed by atoms with Crippen LogP contribution in [-0.2, 0) is 20.7 Å². The van der Waals surface area contributed by atoms with E-state index in [1.807, 2.05) is 0 Å². The smallest absolute Gasteiger partial charge is 0.306 e. The Kier molecular flexibility index (Phi) is 5.45. The van der Waals surface area contributed by atoms with Crippen LogP contribution in [0, 0.1) is 0 Å². The van der Waals surface area contributed by atoms with Crippen LogP contribution >= 0.6 is 23.2 Å². The van der Waals surface area contributed by atoms with E-state index in [-0.39, 0.29) is 25.3 Å². The van der Waals surface area contributed by atoms with Gasteiger partial charge in [-0.2, -0.15) is 0 Å². The molecule has 2 rings (SSSR count). The van der Waals surface area contributed by atoms with Crippen molar-refractivity contribution in [2.75, 3.05) is 19.7 Å². The maximum atomic E-state index is 12.3. The molecular weight excluding hydrogens is 317 g/mol. The molecule has 1 atom stereocenters. The van der Waals surface area contributed by atoms with E-state index in [0.29, 0.717) is 28.8 Å². The van der Waals surface area contributed by atoms with Gasteiger partial charge in [-0.05, 0) is 17.7 Å². The first-order chi connectivity index (χ1) is 9.97. The molecule has 0 aliphatic carbocycles. The molecule has 7 heteroatoms. The van der Waals surface area contributed by atoms with Gasteiger partial charge in [-0.3, -0.25) is 9.59 Å². The number of hydrogen-bond donors (Lipinski definition) is 1. The number of halogens is 2. The summed E-state index contributed by atoms with van der Waals surface area (Å²) in [5.74, 6) is -1.08. The molecule has 0 radical (unpaired) electrons. The summed E-state index contributed by atoms with van der Waals surface area (Å²) in [6, 6.07) is 5.08. The molecule has 0 spiro atoms. The molecule has 1 saturated heterocycles. The third-order valence-corrected chi connectivity index (χ3v) is 3.99. The lowest BCUT2D eigenvalue weighted by Gasteiger charge is -2.32. The minimum absolute atomic E-state index is 0.0955. The van der Waals surface area contributed by atoms with Crippen molar-refractivity contribution in [3.63, 3.8) is 0 Å². The summed E-state index contributed by atoms with van der Waals surface area (Å²) in [5.41, 5.74) is 0.590. The molecule has 114 valence electrons. The van der Waals surface area contributed by atoms with Gasteiger partial charge in [0, 0.05) is 23.1 Å². The van der Waals surface area contributed by atoms with Crippen LogP contribution in [0.25, 0.3) is 0 Å². The zero-order chi connectivity index (χ0) is 15.4. The lowest BCUT2D eigenvalue weighted by Crippen LogP contribution is -2.46. The van der Waals surface area contributed by atoms with Crippen molar-refractivity contribution >= 4 is 35.1 Å². The Hall–Kier alpha value is -1.30. The van der Waals surface area contributed by atoms with Gasteiger partial charge in [0.15, 0.2) is 0 Å². The normalized spacial score (nSPS) is 18.6. The average Bonchev–Trinajstić information content (AvgIpc) is 2.42. The van der Waals surface area contributed by atoms with E-state index in [1.165, 1.54) is 0 Å². The van der Waals surface area contributed by atoms with Crippen LogP contribution in [0.4, 0.5) is 0 Å². The number of carbonyl (C=O) groups is 2. The predicted octanol–water partition coefficient (Wildman–Crippen LogP) is 2.24. The zero-order valence-corrected chi connectivity index (χ0v) is 12.7. The highest BCUT2D eigenvalue weighted by atomic mass is 35.5. The second-order valence-electron chi connectivity index (χ2n) is 4.81. The molecule has 1 unspecified atom stereocenters. The molecule has 1 aliphatic heterocycles. The minimum Gasteiger partial charge on any atom is -0.481 e. The van der Waals surface area contributed by atoms with Crippen LogP contribution in [0.1, 0.15) is 12.0 Å². The number of ether oxygens (including phenoxy) is 1. The molecule has 0 bridgehead atoms. The highest BCUT2D eigenvalue weighted by Crippen LogP contribution is 2.25. The van der Waals surface area contributed by atoms with Crippen molar-refractivity contribution in [1.29, 1.82) is 0 Å². The van der Waals surface area contributed by atoms with Crippen molar-refractivity contribution < 1.29 is 19.4 Å². The first kappa shape index (κ1) is 16.1. The van der Waals surface area contributed by atoms with Crippen molar-refractivity contribution in [3.05, 3.63) is 33.8 Å². The van der Waals surface area contributed by atoms with Crippen LogP contribution < -0.4 is 0 Å². The van der Waals surface area contributed by atoms with Gasteiger partial charge < -0.3 is 14.7 Å². The summed E-state index contributed by atoms with van der Waals surface area (Å²) < 4.78 is 5.34. The van der Waals surface area contributed by atoms with Gasteiger partial charge in [-0.25, -0.2) is 0 Å². The molecule has 1 heterocycles. The Morgan fingerprint density at radius 1 is 1.33 bits per heavy atom. The van der Waals surface area contributed by atoms with Gasteiger partial charge in [-0.15, -0.1) is 0 Å². The maximum Gasteiger partial charge on any atom is 0.306 e. The first-order valence-corrected chi connectivity index (χ1v) is 7.27. The molecule has 1 aromatic rings. The van der Waals surface area contributed by atoms with Gasteiger partial charge in [0.2, 0.25) is 5.91 Å². The van der Waals surface area contributed by atoms with Crippen molar-refractivity contribution in [2.45, 2.75) is 18.9 Å². The Bertz CT molecular complexity index is 530. The van der Waals surface area contributed by atoms with E-state index in [9.17, 15) is 9.59 Å². The lowest BCUT2D eigenvalue weighted by molar-refractivity contribution is -0.147. The number of aliphatic carboxylic acids is 1. The molecule has 1 fully saturated rings. The van der Waals surface area contributed by atoms with Gasteiger partial charge in [-0.1, -0.05) is 29.3 Å². The fourth-order valence-electron chi connectivity index (χ4n) is 2.23. The molecule has 0 aromatic heterocycles. The summed E-state index contributed by atoms with van der Waals surface area (Å²) in [5, 5.41) is 9.68. The fourth-order valence-corrected chi connectivity index (χ4v) is 2.76. The van der Waals surface area contributed by atoms with E-state index in [0.717, 1.165) is 0 Å². The Morgan fingerprint density at radius 3 is 2.62 bits per heavy atom. The van der Waals surface area contributed by atoms with Crippen molar-refractivity contribution in [1.82, 2.24) is 4.90 Å². The monoisotopic (exact) mass is 331 g/mol. The summed E-state index contributed by atoms with van der Waals surface area (Å²) in [7, 11) is 0. The van der Waals surface area contributed by atoms with Crippen molar-refractivity contribution in [3.8, 4) is 0 Å². The molecular formula is C14H15Cl2NO4. The third-order valence-electron chi connectivity index (χ3n) is 3.28. The third kappa shape index (κ3) is 4.33. The van der Waals surface area contributed by atoms with Gasteiger partial charge in [0.1, 0.15) is 0 Å². The second-order valence-corrected chi connectivity index (χ2v) is 5.62. The molecule has 1 amide bonds. The summed E-state index contributed by atoms with van der Waals surface area (Å²) in [4.78, 5) is 24.6. The molecule has 0 saturated carbocycles. The number of carboxylic acid groups (broad SMARTS) is 1. The molecule has 1 aromatic carbocycles. The van der Waals surface area contributed by atoms with E-state index in [4.69, 9.17) is 33.0 Å². The molecule has 1 N–H and O–H groups in total. The lowest BCUT2D eigenvalue weighted by atomic mass is 10.1. The van der Waals surface area contributed by atoms with E-state index in [2.05, 4.69) is 0 Å². The molecule has 5 nitrogen and oxygen atoms in total. The van der Waals surface area contributed by atoms with Crippen LogP contribution in [0.3, 0.4) is 0 Å². The quantitative estimate of drug-likeness (QED) is 0.918. The SMILES string of the molecule is O=C(O)CC1CN(C(=O)Cc2c(Cl)cccc2Cl)CCO1. The molecule has 1 aliphatic rings. The average molecular weight is 332 g/mol. The van der Waals surface area contributed by atoms with Crippen LogP contribution in [0.2, 0.25) is 10.0 Å². The maximum absolute atomic E-state index is 12.3. The molecule has 21 heavy (non-hydrogen) atoms. The Balaban J connectivity index is 2.01. The summed E-state index contributed by atoms with van der Waals surface area (Å²) in [6.07, 6.45) is -0.489. The topological polar surface area (TPSA) is 66.8 Å². The van der Waals surface area contributed by atoms with Gasteiger partial charge >= 0.3 is 5.97 Å². The van der Waals surface area contributed by atoms with E-state index in [1.54, 1.807) is 23.1 Å². The van der Waals surface area contributed by atoms with E-state index >= 15 is 0 Å². The van der Waals surface area contributed by atoms with Crippen molar-refractivity contribution in [2.24, 2.45) is 0 Å². The Labute approximate surface area is 132 Å². The first-order valence-electron chi connectivity index (χ1n) is 6.51. The number of amides is 1. The fraction of sp³-hybridized carbons (Fsp3) is 0.429. The van der Waals surface area contributed by atoms with Crippen LogP contribution in [-0.4, -0.2) is 47.7 Å². The number of carboxylic acids is 1. The van der Waals surface area contributed by atoms with Crippen LogP contribution in [0.5, 0.6) is 0 Å².